The zero-order chi connectivity index (χ0) is 71.1. The Morgan fingerprint density at radius 1 is 0.327 bits per heavy atom. The largest absolute Gasteiger partial charge is 0.756 e. The molecule has 0 spiro atoms. The van der Waals surface area contributed by atoms with Crippen molar-refractivity contribution in [2.24, 2.45) is 0 Å². The molecule has 0 rings (SSSR count). The Morgan fingerprint density at radius 3 is 0.867 bits per heavy atom. The number of rotatable bonds is 77. The minimum absolute atomic E-state index is 0.0310. The van der Waals surface area contributed by atoms with Crippen molar-refractivity contribution in [1.29, 1.82) is 0 Å². The van der Waals surface area contributed by atoms with Crippen LogP contribution in [0.3, 0.4) is 0 Å². The van der Waals surface area contributed by atoms with Crippen molar-refractivity contribution in [3.63, 3.8) is 0 Å². The molecule has 0 fully saturated rings. The number of ether oxygens (including phenoxy) is 2. The van der Waals surface area contributed by atoms with Crippen LogP contribution in [-0.2, 0) is 32.7 Å². The molecule has 568 valence electrons. The van der Waals surface area contributed by atoms with Crippen molar-refractivity contribution in [2.75, 3.05) is 47.5 Å². The van der Waals surface area contributed by atoms with Crippen LogP contribution in [0.5, 0.6) is 0 Å². The summed E-state index contributed by atoms with van der Waals surface area (Å²) < 4.78 is 34.5. The van der Waals surface area contributed by atoms with Crippen molar-refractivity contribution in [3.8, 4) is 0 Å². The number of unbranched alkanes of at least 4 members (excludes halogenated alkanes) is 45. The zero-order valence-electron chi connectivity index (χ0n) is 65.0. The van der Waals surface area contributed by atoms with Gasteiger partial charge in [0.15, 0.2) is 6.10 Å². The molecule has 10 heteroatoms. The van der Waals surface area contributed by atoms with Gasteiger partial charge in [-0.2, -0.15) is 0 Å². The highest BCUT2D eigenvalue weighted by Crippen LogP contribution is 2.38. The van der Waals surface area contributed by atoms with E-state index in [4.69, 9.17) is 18.5 Å². The molecule has 0 aliphatic carbocycles. The highest BCUT2D eigenvalue weighted by atomic mass is 31.2. The third-order valence-electron chi connectivity index (χ3n) is 18.3. The van der Waals surface area contributed by atoms with Gasteiger partial charge in [-0.25, -0.2) is 0 Å². The number of carbonyl (C=O) groups excluding carboxylic acids is 2. The Balaban J connectivity index is 3.93. The highest BCUT2D eigenvalue weighted by molar-refractivity contribution is 7.45. The van der Waals surface area contributed by atoms with Crippen molar-refractivity contribution in [1.82, 2.24) is 0 Å². The SMILES string of the molecule is CC/C=C\C/C=C\C/C=C\C/C=C\C/C=C\C/C=C\C/C=C\CCCCCCCCCCCCCCCCCCCCCC(=O)OC(COC(=O)CCCCCCCCCCCCCCCCCCCCCCC/C=C\C/C=C\CCCCCCC)COP(=O)([O-])OCC[N+](C)(C)C. The van der Waals surface area contributed by atoms with E-state index in [9.17, 15) is 19.0 Å². The number of esters is 2. The second-order valence-corrected chi connectivity index (χ2v) is 30.5. The summed E-state index contributed by atoms with van der Waals surface area (Å²) in [6.45, 7) is 4.17. The fourth-order valence-corrected chi connectivity index (χ4v) is 12.7. The molecule has 0 bridgehead atoms. The van der Waals surface area contributed by atoms with E-state index in [0.717, 1.165) is 89.9 Å². The molecule has 2 atom stereocenters. The number of phosphoric acid groups is 1. The molecule has 0 N–H and O–H groups in total. The summed E-state index contributed by atoms with van der Waals surface area (Å²) in [5.74, 6) is -0.816. The van der Waals surface area contributed by atoms with Crippen LogP contribution in [0.2, 0.25) is 0 Å². The normalized spacial score (nSPS) is 13.6. The average molecular weight is 1390 g/mol. The summed E-state index contributed by atoms with van der Waals surface area (Å²) in [5, 5.41) is 0. The average Bonchev–Trinajstić information content (AvgIpc) is 1.08. The Hall–Kier alpha value is -3.33. The van der Waals surface area contributed by atoms with Crippen molar-refractivity contribution in [2.45, 2.75) is 392 Å². The Bertz CT molecular complexity index is 2030. The van der Waals surface area contributed by atoms with E-state index in [1.54, 1.807) is 0 Å². The van der Waals surface area contributed by atoms with E-state index in [0.29, 0.717) is 17.4 Å². The molecule has 0 aliphatic rings. The van der Waals surface area contributed by atoms with Gasteiger partial charge < -0.3 is 27.9 Å². The van der Waals surface area contributed by atoms with Gasteiger partial charge in [0.25, 0.3) is 7.82 Å². The van der Waals surface area contributed by atoms with Gasteiger partial charge in [0.1, 0.15) is 19.8 Å². The van der Waals surface area contributed by atoms with Gasteiger partial charge in [0, 0.05) is 12.8 Å². The van der Waals surface area contributed by atoms with E-state index >= 15 is 0 Å². The first-order chi connectivity index (χ1) is 48.0. The van der Waals surface area contributed by atoms with Crippen LogP contribution in [0.15, 0.2) is 109 Å². The maximum atomic E-state index is 12.9. The number of hydrogen-bond donors (Lipinski definition) is 0. The number of nitrogens with zero attached hydrogens (tertiary/aromatic N) is 1. The third kappa shape index (κ3) is 81.6. The lowest BCUT2D eigenvalue weighted by Crippen LogP contribution is -2.37. The van der Waals surface area contributed by atoms with Gasteiger partial charge in [-0.15, -0.1) is 0 Å². The summed E-state index contributed by atoms with van der Waals surface area (Å²) in [4.78, 5) is 38.2. The quantitative estimate of drug-likeness (QED) is 0.0195. The third-order valence-corrected chi connectivity index (χ3v) is 19.2. The number of hydrogen-bond acceptors (Lipinski definition) is 8. The summed E-state index contributed by atoms with van der Waals surface area (Å²) in [5.41, 5.74) is 0. The minimum atomic E-state index is -4.65. The standard InChI is InChI=1S/C88H158NO8P/c1-6-8-10-12-14-16-18-20-22-24-26-28-30-32-34-36-38-40-41-42-43-44-45-46-47-49-51-53-55-57-59-61-63-65-67-69-71-73-75-77-79-81-88(91)97-86(85-96-98(92,93)95-83-82-89(3,4)5)84-94-87(90)80-78-76-74-72-70-68-66-64-62-60-58-56-54-52-50-48-39-37-35-33-31-29-27-25-23-21-19-17-15-13-11-9-7-2/h8,10,14,16,19-22,25-28,32,34,38,40,42-43,86H,6-7,9,11-13,15,17-18,23-24,29-31,33,35-37,39,41,44-85H2,1-5H3/b10-8-,16-14-,21-19-,22-20-,27-25-,28-26-,34-32-,40-38-,43-42-. The molecule has 98 heavy (non-hydrogen) atoms. The number of allylic oxidation sites excluding steroid dienone is 18. The molecule has 0 saturated heterocycles. The fraction of sp³-hybridized carbons (Fsp3) is 0.773. The Kier molecular flexibility index (Phi) is 75.2. The lowest BCUT2D eigenvalue weighted by molar-refractivity contribution is -0.870. The lowest BCUT2D eigenvalue weighted by Gasteiger charge is -2.28. The molecule has 0 aromatic carbocycles. The molecule has 0 amide bonds. The summed E-state index contributed by atoms with van der Waals surface area (Å²) in [7, 11) is 1.18. The molecule has 0 heterocycles. The highest BCUT2D eigenvalue weighted by Gasteiger charge is 2.22. The summed E-state index contributed by atoms with van der Waals surface area (Å²) in [6.07, 6.45) is 111. The number of quaternary nitrogens is 1. The van der Waals surface area contributed by atoms with E-state index in [-0.39, 0.29) is 32.0 Å². The molecular formula is C88H158NO8P. The van der Waals surface area contributed by atoms with Crippen LogP contribution in [0.1, 0.15) is 386 Å². The van der Waals surface area contributed by atoms with Crippen LogP contribution >= 0.6 is 7.82 Å². The summed E-state index contributed by atoms with van der Waals surface area (Å²) >= 11 is 0. The maximum absolute atomic E-state index is 12.9. The molecular weight excluding hydrogens is 1230 g/mol. The smallest absolute Gasteiger partial charge is 0.306 e. The van der Waals surface area contributed by atoms with Gasteiger partial charge in [0.2, 0.25) is 0 Å². The molecule has 0 saturated carbocycles. The van der Waals surface area contributed by atoms with Crippen LogP contribution < -0.4 is 4.89 Å². The number of likely N-dealkylation sites (N-methyl/N-ethyl adjacent to an activating group) is 1. The first kappa shape index (κ1) is 94.7. The van der Waals surface area contributed by atoms with Crippen LogP contribution in [-0.4, -0.2) is 70.0 Å². The van der Waals surface area contributed by atoms with Crippen LogP contribution in [0.25, 0.3) is 0 Å². The first-order valence-electron chi connectivity index (χ1n) is 41.6. The first-order valence-corrected chi connectivity index (χ1v) is 43.1. The summed E-state index contributed by atoms with van der Waals surface area (Å²) in [6, 6.07) is 0. The van der Waals surface area contributed by atoms with E-state index in [1.807, 2.05) is 21.1 Å². The second-order valence-electron chi connectivity index (χ2n) is 29.1. The van der Waals surface area contributed by atoms with Gasteiger partial charge in [0.05, 0.1) is 27.7 Å². The molecule has 0 aromatic heterocycles. The lowest BCUT2D eigenvalue weighted by atomic mass is 10.0. The number of phosphoric ester groups is 1. The van der Waals surface area contributed by atoms with Gasteiger partial charge in [-0.1, -0.05) is 380 Å². The van der Waals surface area contributed by atoms with Crippen LogP contribution in [0, 0.1) is 0 Å². The molecule has 0 radical (unpaired) electrons. The number of carbonyl (C=O) groups is 2. The Morgan fingerprint density at radius 2 is 0.582 bits per heavy atom. The predicted molar refractivity (Wildman–Crippen MR) is 425 cm³/mol. The predicted octanol–water partition coefficient (Wildman–Crippen LogP) is 27.3. The molecule has 9 nitrogen and oxygen atoms in total. The van der Waals surface area contributed by atoms with Crippen LogP contribution in [0.4, 0.5) is 0 Å². The maximum Gasteiger partial charge on any atom is 0.306 e. The second kappa shape index (κ2) is 77.8. The van der Waals surface area contributed by atoms with Gasteiger partial charge >= 0.3 is 11.9 Å². The topological polar surface area (TPSA) is 111 Å². The van der Waals surface area contributed by atoms with Crippen molar-refractivity contribution < 1.29 is 42.1 Å². The molecule has 0 aromatic rings. The van der Waals surface area contributed by atoms with E-state index in [1.165, 1.54) is 263 Å². The van der Waals surface area contributed by atoms with Crippen molar-refractivity contribution >= 4 is 19.8 Å². The van der Waals surface area contributed by atoms with Gasteiger partial charge in [-0.05, 0) is 103 Å². The fourth-order valence-electron chi connectivity index (χ4n) is 12.0. The minimum Gasteiger partial charge on any atom is -0.756 e. The molecule has 0 aliphatic heterocycles. The monoisotopic (exact) mass is 1390 g/mol. The van der Waals surface area contributed by atoms with E-state index in [2.05, 4.69) is 123 Å². The zero-order valence-corrected chi connectivity index (χ0v) is 65.9. The van der Waals surface area contributed by atoms with E-state index < -0.39 is 26.5 Å². The van der Waals surface area contributed by atoms with Gasteiger partial charge in [-0.3, -0.25) is 14.2 Å². The van der Waals surface area contributed by atoms with Crippen molar-refractivity contribution in [3.05, 3.63) is 109 Å². The molecule has 2 unspecified atom stereocenters. The Labute approximate surface area is 607 Å².